The second-order valence-electron chi connectivity index (χ2n) is 6.28. The highest BCUT2D eigenvalue weighted by Gasteiger charge is 2.41. The molecular formula is C15H28N2O2. The molecule has 1 aliphatic carbocycles. The Labute approximate surface area is 116 Å². The molecule has 2 N–H and O–H groups in total. The van der Waals surface area contributed by atoms with Crippen molar-refractivity contribution in [3.05, 3.63) is 0 Å². The third-order valence-electron chi connectivity index (χ3n) is 4.93. The second-order valence-corrected chi connectivity index (χ2v) is 6.28. The first-order valence-electron chi connectivity index (χ1n) is 7.68. The second kappa shape index (κ2) is 6.71. The molecule has 2 atom stereocenters. The highest BCUT2D eigenvalue weighted by Crippen LogP contribution is 2.41. The van der Waals surface area contributed by atoms with Crippen LogP contribution in [0, 0.1) is 11.3 Å². The highest BCUT2D eigenvalue weighted by molar-refractivity contribution is 5.83. The Morgan fingerprint density at radius 2 is 2.16 bits per heavy atom. The lowest BCUT2D eigenvalue weighted by atomic mass is 9.81. The monoisotopic (exact) mass is 268 g/mol. The predicted molar refractivity (Wildman–Crippen MR) is 76.0 cm³/mol. The van der Waals surface area contributed by atoms with Gasteiger partial charge in [0.15, 0.2) is 0 Å². The number of ether oxygens (including phenoxy) is 1. The van der Waals surface area contributed by atoms with E-state index in [1.165, 1.54) is 12.8 Å². The van der Waals surface area contributed by atoms with Crippen LogP contribution in [0.15, 0.2) is 0 Å². The van der Waals surface area contributed by atoms with Crippen molar-refractivity contribution in [3.63, 3.8) is 0 Å². The fourth-order valence-corrected chi connectivity index (χ4v) is 3.49. The molecule has 1 heterocycles. The van der Waals surface area contributed by atoms with E-state index >= 15 is 0 Å². The van der Waals surface area contributed by atoms with Crippen LogP contribution in [0.1, 0.15) is 45.4 Å². The standard InChI is InChI=1S/C15H28N2O2/c1-12-11-16-9-5-13(12)17-14(18)15(8-10-19-2)6-3-4-7-15/h12-13,16H,3-11H2,1-2H3,(H,17,18). The molecule has 0 bridgehead atoms. The summed E-state index contributed by atoms with van der Waals surface area (Å²) in [6.07, 6.45) is 6.34. The van der Waals surface area contributed by atoms with Gasteiger partial charge in [0, 0.05) is 19.8 Å². The summed E-state index contributed by atoms with van der Waals surface area (Å²) in [4.78, 5) is 12.7. The number of methoxy groups -OCH3 is 1. The van der Waals surface area contributed by atoms with Crippen LogP contribution >= 0.6 is 0 Å². The molecule has 110 valence electrons. The SMILES string of the molecule is COCCC1(C(=O)NC2CCNCC2C)CCCC1. The molecule has 0 aromatic rings. The normalized spacial score (nSPS) is 30.2. The van der Waals surface area contributed by atoms with Gasteiger partial charge in [-0.3, -0.25) is 4.79 Å². The van der Waals surface area contributed by atoms with Gasteiger partial charge in [-0.15, -0.1) is 0 Å². The van der Waals surface area contributed by atoms with Gasteiger partial charge in [-0.2, -0.15) is 0 Å². The highest BCUT2D eigenvalue weighted by atomic mass is 16.5. The van der Waals surface area contributed by atoms with Gasteiger partial charge in [-0.25, -0.2) is 0 Å². The number of hydrogen-bond acceptors (Lipinski definition) is 3. The van der Waals surface area contributed by atoms with Crippen molar-refractivity contribution in [2.24, 2.45) is 11.3 Å². The number of amides is 1. The number of rotatable bonds is 5. The van der Waals surface area contributed by atoms with E-state index in [9.17, 15) is 4.79 Å². The van der Waals surface area contributed by atoms with Crippen molar-refractivity contribution in [2.75, 3.05) is 26.8 Å². The molecule has 0 aromatic carbocycles. The van der Waals surface area contributed by atoms with Crippen molar-refractivity contribution in [3.8, 4) is 0 Å². The smallest absolute Gasteiger partial charge is 0.226 e. The van der Waals surface area contributed by atoms with Crippen molar-refractivity contribution < 1.29 is 9.53 Å². The number of carbonyl (C=O) groups excluding carboxylic acids is 1. The van der Waals surface area contributed by atoms with Crippen molar-refractivity contribution >= 4 is 5.91 Å². The van der Waals surface area contributed by atoms with E-state index < -0.39 is 0 Å². The largest absolute Gasteiger partial charge is 0.385 e. The zero-order valence-corrected chi connectivity index (χ0v) is 12.3. The minimum atomic E-state index is -0.152. The third kappa shape index (κ3) is 3.48. The predicted octanol–water partition coefficient (Wildman–Crippen LogP) is 1.70. The molecule has 1 amide bonds. The average molecular weight is 268 g/mol. The Morgan fingerprint density at radius 1 is 1.42 bits per heavy atom. The van der Waals surface area contributed by atoms with Crippen molar-refractivity contribution in [1.82, 2.24) is 10.6 Å². The van der Waals surface area contributed by atoms with Crippen LogP contribution in [0.5, 0.6) is 0 Å². The molecule has 0 radical (unpaired) electrons. The number of carbonyl (C=O) groups is 1. The van der Waals surface area contributed by atoms with E-state index in [4.69, 9.17) is 4.74 Å². The maximum Gasteiger partial charge on any atom is 0.226 e. The van der Waals surface area contributed by atoms with E-state index in [-0.39, 0.29) is 11.3 Å². The van der Waals surface area contributed by atoms with Gasteiger partial charge in [0.2, 0.25) is 5.91 Å². The molecule has 2 unspecified atom stereocenters. The lowest BCUT2D eigenvalue weighted by molar-refractivity contribution is -0.133. The summed E-state index contributed by atoms with van der Waals surface area (Å²) in [5.74, 6) is 0.805. The molecule has 2 aliphatic rings. The Balaban J connectivity index is 1.95. The minimum Gasteiger partial charge on any atom is -0.385 e. The van der Waals surface area contributed by atoms with Crippen LogP contribution in [-0.4, -0.2) is 38.8 Å². The number of nitrogens with one attached hydrogen (secondary N) is 2. The van der Waals surface area contributed by atoms with E-state index in [0.717, 1.165) is 38.8 Å². The average Bonchev–Trinajstić information content (AvgIpc) is 2.89. The summed E-state index contributed by atoms with van der Waals surface area (Å²) < 4.78 is 5.20. The molecule has 2 rings (SSSR count). The lowest BCUT2D eigenvalue weighted by Crippen LogP contribution is -2.52. The van der Waals surface area contributed by atoms with Gasteiger partial charge in [0.1, 0.15) is 0 Å². The van der Waals surface area contributed by atoms with Gasteiger partial charge in [-0.1, -0.05) is 19.8 Å². The topological polar surface area (TPSA) is 50.4 Å². The summed E-state index contributed by atoms with van der Waals surface area (Å²) in [6, 6.07) is 0.341. The van der Waals surface area contributed by atoms with Crippen LogP contribution < -0.4 is 10.6 Å². The summed E-state index contributed by atoms with van der Waals surface area (Å²) >= 11 is 0. The van der Waals surface area contributed by atoms with Crippen LogP contribution in [0.2, 0.25) is 0 Å². The first-order chi connectivity index (χ1) is 9.18. The van der Waals surface area contributed by atoms with Gasteiger partial charge in [-0.05, 0) is 44.7 Å². The molecule has 1 aliphatic heterocycles. The Hall–Kier alpha value is -0.610. The van der Waals surface area contributed by atoms with E-state index in [2.05, 4.69) is 17.6 Å². The van der Waals surface area contributed by atoms with E-state index in [0.29, 0.717) is 18.6 Å². The minimum absolute atomic E-state index is 0.152. The van der Waals surface area contributed by atoms with Crippen molar-refractivity contribution in [2.45, 2.75) is 51.5 Å². The maximum atomic E-state index is 12.7. The first-order valence-corrected chi connectivity index (χ1v) is 7.68. The summed E-state index contributed by atoms with van der Waals surface area (Å²) in [7, 11) is 1.72. The quantitative estimate of drug-likeness (QED) is 0.798. The maximum absolute atomic E-state index is 12.7. The van der Waals surface area contributed by atoms with Crippen LogP contribution in [-0.2, 0) is 9.53 Å². The molecule has 19 heavy (non-hydrogen) atoms. The van der Waals surface area contributed by atoms with Gasteiger partial charge in [0.05, 0.1) is 5.41 Å². The fourth-order valence-electron chi connectivity index (χ4n) is 3.49. The van der Waals surface area contributed by atoms with Crippen LogP contribution in [0.25, 0.3) is 0 Å². The Kier molecular flexibility index (Phi) is 5.22. The van der Waals surface area contributed by atoms with E-state index in [1.807, 2.05) is 0 Å². The molecule has 4 nitrogen and oxygen atoms in total. The molecule has 4 heteroatoms. The van der Waals surface area contributed by atoms with Gasteiger partial charge >= 0.3 is 0 Å². The number of hydrogen-bond donors (Lipinski definition) is 2. The zero-order chi connectivity index (χ0) is 13.7. The summed E-state index contributed by atoms with van der Waals surface area (Å²) in [5.41, 5.74) is -0.152. The summed E-state index contributed by atoms with van der Waals surface area (Å²) in [6.45, 7) is 4.93. The molecule has 1 saturated carbocycles. The Bertz CT molecular complexity index is 301. The molecular weight excluding hydrogens is 240 g/mol. The molecule has 1 saturated heterocycles. The number of piperidine rings is 1. The van der Waals surface area contributed by atoms with Crippen LogP contribution in [0.4, 0.5) is 0 Å². The van der Waals surface area contributed by atoms with Gasteiger partial charge in [0.25, 0.3) is 0 Å². The molecule has 0 aromatic heterocycles. The van der Waals surface area contributed by atoms with E-state index in [1.54, 1.807) is 7.11 Å². The molecule has 2 fully saturated rings. The fraction of sp³-hybridized carbons (Fsp3) is 0.933. The van der Waals surface area contributed by atoms with Gasteiger partial charge < -0.3 is 15.4 Å². The molecule has 0 spiro atoms. The third-order valence-corrected chi connectivity index (χ3v) is 4.93. The zero-order valence-electron chi connectivity index (χ0n) is 12.3. The summed E-state index contributed by atoms with van der Waals surface area (Å²) in [5, 5.41) is 6.71. The Morgan fingerprint density at radius 3 is 2.79 bits per heavy atom. The van der Waals surface area contributed by atoms with Crippen molar-refractivity contribution in [1.29, 1.82) is 0 Å². The van der Waals surface area contributed by atoms with Crippen LogP contribution in [0.3, 0.4) is 0 Å². The first kappa shape index (κ1) is 14.8. The lowest BCUT2D eigenvalue weighted by Gasteiger charge is -2.35.